The Morgan fingerprint density at radius 2 is 1.77 bits per heavy atom. The zero-order chi connectivity index (χ0) is 9.59. The minimum Gasteiger partial charge on any atom is -0.339 e. The maximum Gasteiger partial charge on any atom is 0.0806 e. The quantitative estimate of drug-likeness (QED) is 0.654. The molecule has 0 saturated carbocycles. The third-order valence-electron chi connectivity index (χ3n) is 2.56. The third-order valence-corrected chi connectivity index (χ3v) is 3.59. The van der Waals surface area contributed by atoms with E-state index in [0.29, 0.717) is 0 Å². The predicted octanol–water partition coefficient (Wildman–Crippen LogP) is 3.40. The van der Waals surface area contributed by atoms with Gasteiger partial charge in [0, 0.05) is 12.4 Å². The topological polar surface area (TPSA) is 4.93 Å². The molecule has 0 bridgehead atoms. The summed E-state index contributed by atoms with van der Waals surface area (Å²) in [6, 6.07) is 6.62. The molecule has 2 rings (SSSR count). The van der Waals surface area contributed by atoms with Crippen molar-refractivity contribution in [3.05, 3.63) is 33.0 Å². The molecule has 1 aromatic carbocycles. The van der Waals surface area contributed by atoms with Gasteiger partial charge in [-0.3, -0.25) is 0 Å². The molecule has 0 aliphatic heterocycles. The SMILES string of the molecule is Cc1ccc(C)c2c1cc(I)n2C. The van der Waals surface area contributed by atoms with Gasteiger partial charge in [-0.2, -0.15) is 0 Å². The molecular weight excluding hydrogens is 273 g/mol. The lowest BCUT2D eigenvalue weighted by Gasteiger charge is -2.03. The van der Waals surface area contributed by atoms with E-state index >= 15 is 0 Å². The Hall–Kier alpha value is -0.510. The molecule has 0 aliphatic carbocycles. The van der Waals surface area contributed by atoms with Crippen LogP contribution in [0.1, 0.15) is 11.1 Å². The van der Waals surface area contributed by atoms with Crippen LogP contribution < -0.4 is 0 Å². The summed E-state index contributed by atoms with van der Waals surface area (Å²) in [6.07, 6.45) is 0. The molecule has 0 fully saturated rings. The van der Waals surface area contributed by atoms with Gasteiger partial charge in [-0.1, -0.05) is 12.1 Å². The molecule has 68 valence electrons. The van der Waals surface area contributed by atoms with Gasteiger partial charge < -0.3 is 4.57 Å². The number of nitrogens with zero attached hydrogens (tertiary/aromatic N) is 1. The van der Waals surface area contributed by atoms with Crippen molar-refractivity contribution >= 4 is 33.5 Å². The highest BCUT2D eigenvalue weighted by molar-refractivity contribution is 14.1. The van der Waals surface area contributed by atoms with E-state index < -0.39 is 0 Å². The maximum absolute atomic E-state index is 2.37. The van der Waals surface area contributed by atoms with Crippen molar-refractivity contribution in [2.75, 3.05) is 0 Å². The van der Waals surface area contributed by atoms with E-state index in [1.54, 1.807) is 0 Å². The standard InChI is InChI=1S/C11H12IN/c1-7-4-5-8(2)11-9(7)6-10(12)13(11)3/h4-6H,1-3H3. The van der Waals surface area contributed by atoms with Crippen LogP contribution in [0.3, 0.4) is 0 Å². The van der Waals surface area contributed by atoms with Gasteiger partial charge >= 0.3 is 0 Å². The van der Waals surface area contributed by atoms with Crippen LogP contribution in [0, 0.1) is 17.5 Å². The lowest BCUT2D eigenvalue weighted by Crippen LogP contribution is -1.91. The van der Waals surface area contributed by atoms with Gasteiger partial charge in [0.25, 0.3) is 0 Å². The molecule has 1 heterocycles. The van der Waals surface area contributed by atoms with Crippen LogP contribution in [0.15, 0.2) is 18.2 Å². The summed E-state index contributed by atoms with van der Waals surface area (Å²) in [7, 11) is 2.12. The zero-order valence-corrected chi connectivity index (χ0v) is 10.2. The average Bonchev–Trinajstić information content (AvgIpc) is 2.38. The molecule has 2 heteroatoms. The molecule has 0 aliphatic rings. The van der Waals surface area contributed by atoms with Crippen molar-refractivity contribution in [3.8, 4) is 0 Å². The van der Waals surface area contributed by atoms with E-state index in [1.807, 2.05) is 0 Å². The molecular formula is C11H12IN. The Morgan fingerprint density at radius 3 is 2.38 bits per heavy atom. The van der Waals surface area contributed by atoms with Gasteiger partial charge in [0.2, 0.25) is 0 Å². The van der Waals surface area contributed by atoms with E-state index in [-0.39, 0.29) is 0 Å². The van der Waals surface area contributed by atoms with E-state index in [4.69, 9.17) is 0 Å². The van der Waals surface area contributed by atoms with Gasteiger partial charge in [0.1, 0.15) is 0 Å². The highest BCUT2D eigenvalue weighted by Gasteiger charge is 2.07. The Labute approximate surface area is 91.9 Å². The van der Waals surface area contributed by atoms with Crippen LogP contribution in [0.2, 0.25) is 0 Å². The summed E-state index contributed by atoms with van der Waals surface area (Å²) in [4.78, 5) is 0. The number of hydrogen-bond donors (Lipinski definition) is 0. The Bertz CT molecular complexity index is 468. The Kier molecular flexibility index (Phi) is 2.10. The second kappa shape index (κ2) is 3.01. The normalized spacial score (nSPS) is 11.1. The lowest BCUT2D eigenvalue weighted by molar-refractivity contribution is 0.933. The predicted molar refractivity (Wildman–Crippen MR) is 65.1 cm³/mol. The fourth-order valence-electron chi connectivity index (χ4n) is 1.77. The minimum absolute atomic E-state index is 1.30. The van der Waals surface area contributed by atoms with Crippen LogP contribution in [-0.4, -0.2) is 4.57 Å². The summed E-state index contributed by atoms with van der Waals surface area (Å²) >= 11 is 2.37. The van der Waals surface area contributed by atoms with Crippen molar-refractivity contribution in [2.45, 2.75) is 13.8 Å². The summed E-state index contributed by atoms with van der Waals surface area (Å²) < 4.78 is 3.54. The largest absolute Gasteiger partial charge is 0.339 e. The molecule has 0 unspecified atom stereocenters. The van der Waals surface area contributed by atoms with E-state index in [2.05, 4.69) is 66.3 Å². The molecule has 0 radical (unpaired) electrons. The van der Waals surface area contributed by atoms with Crippen molar-refractivity contribution in [3.63, 3.8) is 0 Å². The van der Waals surface area contributed by atoms with Crippen molar-refractivity contribution in [2.24, 2.45) is 7.05 Å². The number of halogens is 1. The highest BCUT2D eigenvalue weighted by atomic mass is 127. The van der Waals surface area contributed by atoms with Crippen molar-refractivity contribution in [1.29, 1.82) is 0 Å². The zero-order valence-electron chi connectivity index (χ0n) is 8.06. The first-order valence-corrected chi connectivity index (χ1v) is 5.40. The van der Waals surface area contributed by atoms with Gasteiger partial charge in [-0.15, -0.1) is 0 Å². The number of fused-ring (bicyclic) bond motifs is 1. The number of benzene rings is 1. The maximum atomic E-state index is 2.37. The fourth-order valence-corrected chi connectivity index (χ4v) is 2.32. The van der Waals surface area contributed by atoms with Gasteiger partial charge in [0.05, 0.1) is 9.22 Å². The summed E-state index contributed by atoms with van der Waals surface area (Å²) in [5.74, 6) is 0. The van der Waals surface area contributed by atoms with Crippen molar-refractivity contribution in [1.82, 2.24) is 4.57 Å². The molecule has 0 atom stereocenters. The van der Waals surface area contributed by atoms with Crippen LogP contribution in [0.4, 0.5) is 0 Å². The molecule has 0 spiro atoms. The lowest BCUT2D eigenvalue weighted by atomic mass is 10.1. The number of aryl methyl sites for hydroxylation is 3. The smallest absolute Gasteiger partial charge is 0.0806 e. The molecule has 13 heavy (non-hydrogen) atoms. The molecule has 0 N–H and O–H groups in total. The average molecular weight is 285 g/mol. The molecule has 1 nitrogen and oxygen atoms in total. The summed E-state index contributed by atoms with van der Waals surface area (Å²) in [5.41, 5.74) is 4.08. The summed E-state index contributed by atoms with van der Waals surface area (Å²) in [5, 5.41) is 1.38. The van der Waals surface area contributed by atoms with Crippen molar-refractivity contribution < 1.29 is 0 Å². The van der Waals surface area contributed by atoms with Crippen LogP contribution in [0.25, 0.3) is 10.9 Å². The third kappa shape index (κ3) is 1.27. The van der Waals surface area contributed by atoms with Gasteiger partial charge in [0.15, 0.2) is 0 Å². The van der Waals surface area contributed by atoms with Crippen LogP contribution >= 0.6 is 22.6 Å². The summed E-state index contributed by atoms with van der Waals surface area (Å²) in [6.45, 7) is 4.33. The molecule has 0 saturated heterocycles. The second-order valence-corrected chi connectivity index (χ2v) is 4.59. The first kappa shape index (κ1) is 9.06. The van der Waals surface area contributed by atoms with Crippen LogP contribution in [-0.2, 0) is 7.05 Å². The monoisotopic (exact) mass is 285 g/mol. The van der Waals surface area contributed by atoms with E-state index in [0.717, 1.165) is 0 Å². The number of rotatable bonds is 0. The van der Waals surface area contributed by atoms with Gasteiger partial charge in [-0.05, 0) is 53.6 Å². The first-order chi connectivity index (χ1) is 6.11. The highest BCUT2D eigenvalue weighted by Crippen LogP contribution is 2.25. The number of aromatic nitrogens is 1. The molecule has 0 amide bonds. The minimum atomic E-state index is 1.30. The number of hydrogen-bond acceptors (Lipinski definition) is 0. The Morgan fingerprint density at radius 1 is 1.15 bits per heavy atom. The molecule has 1 aromatic heterocycles. The van der Waals surface area contributed by atoms with E-state index in [9.17, 15) is 0 Å². The fraction of sp³-hybridized carbons (Fsp3) is 0.273. The second-order valence-electron chi connectivity index (χ2n) is 3.49. The first-order valence-electron chi connectivity index (χ1n) is 4.32. The van der Waals surface area contributed by atoms with Crippen LogP contribution in [0.5, 0.6) is 0 Å². The molecule has 2 aromatic rings. The van der Waals surface area contributed by atoms with E-state index in [1.165, 1.54) is 25.7 Å². The Balaban J connectivity index is 3.00. The van der Waals surface area contributed by atoms with Gasteiger partial charge in [-0.25, -0.2) is 0 Å².